The van der Waals surface area contributed by atoms with E-state index in [-0.39, 0.29) is 17.9 Å². The van der Waals surface area contributed by atoms with Gasteiger partial charge in [-0.1, -0.05) is 42.5 Å². The van der Waals surface area contributed by atoms with Crippen molar-refractivity contribution in [3.63, 3.8) is 0 Å². The van der Waals surface area contributed by atoms with Gasteiger partial charge in [0.2, 0.25) is 5.91 Å². The summed E-state index contributed by atoms with van der Waals surface area (Å²) in [5, 5.41) is 9.99. The van der Waals surface area contributed by atoms with Crippen LogP contribution >= 0.6 is 0 Å². The molecule has 0 aliphatic carbocycles. The third-order valence-electron chi connectivity index (χ3n) is 5.26. The lowest BCUT2D eigenvalue weighted by Gasteiger charge is -2.41. The highest BCUT2D eigenvalue weighted by Gasteiger charge is 2.36. The predicted octanol–water partition coefficient (Wildman–Crippen LogP) is 3.26. The highest BCUT2D eigenvalue weighted by Crippen LogP contribution is 2.35. The zero-order valence-corrected chi connectivity index (χ0v) is 15.1. The van der Waals surface area contributed by atoms with Crippen LogP contribution in [-0.4, -0.2) is 42.7 Å². The van der Waals surface area contributed by atoms with Crippen LogP contribution in [-0.2, 0) is 10.2 Å². The van der Waals surface area contributed by atoms with E-state index in [1.807, 2.05) is 53.4 Å². The van der Waals surface area contributed by atoms with E-state index in [1.165, 1.54) is 0 Å². The molecule has 1 saturated heterocycles. The molecule has 2 aromatic carbocycles. The topological polar surface area (TPSA) is 49.8 Å². The van der Waals surface area contributed by atoms with Crippen LogP contribution in [0.15, 0.2) is 60.7 Å². The summed E-state index contributed by atoms with van der Waals surface area (Å²) in [7, 11) is 1.63. The van der Waals surface area contributed by atoms with Crippen molar-refractivity contribution in [2.24, 2.45) is 0 Å². The minimum atomic E-state index is -0.238. The fraction of sp³-hybridized carbons (Fsp3) is 0.318. The number of aliphatic hydroxyl groups excluding tert-OH is 1. The summed E-state index contributed by atoms with van der Waals surface area (Å²) in [6, 6.07) is 17.7. The molecule has 1 N–H and O–H groups in total. The Morgan fingerprint density at radius 2 is 1.77 bits per heavy atom. The van der Waals surface area contributed by atoms with E-state index in [1.54, 1.807) is 13.2 Å². The lowest BCUT2D eigenvalue weighted by Crippen LogP contribution is -2.46. The fourth-order valence-corrected chi connectivity index (χ4v) is 3.47. The van der Waals surface area contributed by atoms with Gasteiger partial charge >= 0.3 is 0 Å². The van der Waals surface area contributed by atoms with Crippen molar-refractivity contribution >= 4 is 12.0 Å². The predicted molar refractivity (Wildman–Crippen MR) is 103 cm³/mol. The molecular weight excluding hydrogens is 326 g/mol. The Bertz CT molecular complexity index is 745. The van der Waals surface area contributed by atoms with Crippen molar-refractivity contribution < 1.29 is 14.6 Å². The SMILES string of the molecule is COc1ccc(/C=C/C(=O)N2CCC(CO)(c3ccccc3)CC2)cc1. The van der Waals surface area contributed by atoms with Gasteiger partial charge in [0.05, 0.1) is 13.7 Å². The van der Waals surface area contributed by atoms with Crippen LogP contribution in [0, 0.1) is 0 Å². The molecule has 0 bridgehead atoms. The van der Waals surface area contributed by atoms with Crippen LogP contribution < -0.4 is 4.74 Å². The lowest BCUT2D eigenvalue weighted by molar-refractivity contribution is -0.127. The molecule has 1 fully saturated rings. The molecule has 0 spiro atoms. The van der Waals surface area contributed by atoms with Crippen molar-refractivity contribution in [2.75, 3.05) is 26.8 Å². The van der Waals surface area contributed by atoms with E-state index in [4.69, 9.17) is 4.74 Å². The fourth-order valence-electron chi connectivity index (χ4n) is 3.47. The van der Waals surface area contributed by atoms with Gasteiger partial charge in [0.25, 0.3) is 0 Å². The first kappa shape index (κ1) is 18.2. The Balaban J connectivity index is 1.61. The average Bonchev–Trinajstić information content (AvgIpc) is 2.73. The summed E-state index contributed by atoms with van der Waals surface area (Å²) in [5.74, 6) is 0.811. The standard InChI is InChI=1S/C22H25NO3/c1-26-20-10-7-18(8-11-20)9-12-21(25)23-15-13-22(17-24,14-16-23)19-5-3-2-4-6-19/h2-12,24H,13-17H2,1H3/b12-9+. The van der Waals surface area contributed by atoms with Gasteiger partial charge in [0, 0.05) is 24.6 Å². The number of hydrogen-bond donors (Lipinski definition) is 1. The van der Waals surface area contributed by atoms with Gasteiger partial charge in [0.1, 0.15) is 5.75 Å². The number of rotatable bonds is 5. The van der Waals surface area contributed by atoms with Gasteiger partial charge in [-0.15, -0.1) is 0 Å². The quantitative estimate of drug-likeness (QED) is 0.841. The summed E-state index contributed by atoms with van der Waals surface area (Å²) in [6.07, 6.45) is 4.99. The summed E-state index contributed by atoms with van der Waals surface area (Å²) < 4.78 is 5.14. The zero-order valence-electron chi connectivity index (χ0n) is 15.1. The van der Waals surface area contributed by atoms with E-state index >= 15 is 0 Å². The monoisotopic (exact) mass is 351 g/mol. The molecule has 2 aromatic rings. The second-order valence-electron chi connectivity index (χ2n) is 6.74. The summed E-state index contributed by atoms with van der Waals surface area (Å²) in [5.41, 5.74) is 1.88. The van der Waals surface area contributed by atoms with Crippen molar-refractivity contribution in [1.29, 1.82) is 0 Å². The second-order valence-corrected chi connectivity index (χ2v) is 6.74. The van der Waals surface area contributed by atoms with Crippen LogP contribution in [0.2, 0.25) is 0 Å². The molecule has 1 aliphatic rings. The molecule has 26 heavy (non-hydrogen) atoms. The number of piperidine rings is 1. The maximum atomic E-state index is 12.5. The van der Waals surface area contributed by atoms with Crippen LogP contribution in [0.25, 0.3) is 6.08 Å². The Labute approximate surface area is 154 Å². The minimum absolute atomic E-state index is 0.0143. The lowest BCUT2D eigenvalue weighted by atomic mass is 9.73. The Hall–Kier alpha value is -2.59. The second kappa shape index (κ2) is 8.19. The van der Waals surface area contributed by atoms with E-state index < -0.39 is 0 Å². The summed E-state index contributed by atoms with van der Waals surface area (Å²) in [4.78, 5) is 14.3. The number of benzene rings is 2. The normalized spacial score (nSPS) is 16.6. The summed E-state index contributed by atoms with van der Waals surface area (Å²) >= 11 is 0. The molecule has 4 heteroatoms. The van der Waals surface area contributed by atoms with Gasteiger partial charge in [0.15, 0.2) is 0 Å². The number of hydrogen-bond acceptors (Lipinski definition) is 3. The van der Waals surface area contributed by atoms with E-state index in [9.17, 15) is 9.90 Å². The molecule has 0 aromatic heterocycles. The molecule has 136 valence electrons. The number of amides is 1. The molecule has 0 saturated carbocycles. The van der Waals surface area contributed by atoms with Crippen LogP contribution in [0.3, 0.4) is 0 Å². The highest BCUT2D eigenvalue weighted by molar-refractivity contribution is 5.91. The summed E-state index contributed by atoms with van der Waals surface area (Å²) in [6.45, 7) is 1.42. The molecule has 4 nitrogen and oxygen atoms in total. The molecule has 0 radical (unpaired) electrons. The number of methoxy groups -OCH3 is 1. The van der Waals surface area contributed by atoms with Crippen molar-refractivity contribution in [3.8, 4) is 5.75 Å². The number of aliphatic hydroxyl groups is 1. The van der Waals surface area contributed by atoms with E-state index in [2.05, 4.69) is 12.1 Å². The maximum Gasteiger partial charge on any atom is 0.246 e. The van der Waals surface area contributed by atoms with E-state index in [0.29, 0.717) is 13.1 Å². The number of carbonyl (C=O) groups excluding carboxylic acids is 1. The highest BCUT2D eigenvalue weighted by atomic mass is 16.5. The van der Waals surface area contributed by atoms with Crippen molar-refractivity contribution in [1.82, 2.24) is 4.90 Å². The van der Waals surface area contributed by atoms with Gasteiger partial charge in [-0.05, 0) is 42.2 Å². The molecular formula is C22H25NO3. The van der Waals surface area contributed by atoms with Gasteiger partial charge < -0.3 is 14.7 Å². The molecule has 1 heterocycles. The number of likely N-dealkylation sites (tertiary alicyclic amines) is 1. The molecule has 0 atom stereocenters. The van der Waals surface area contributed by atoms with Crippen molar-refractivity contribution in [3.05, 3.63) is 71.8 Å². The number of nitrogens with zero attached hydrogens (tertiary/aromatic N) is 1. The third-order valence-corrected chi connectivity index (χ3v) is 5.26. The zero-order chi connectivity index (χ0) is 18.4. The van der Waals surface area contributed by atoms with Crippen LogP contribution in [0.5, 0.6) is 5.75 Å². The smallest absolute Gasteiger partial charge is 0.246 e. The van der Waals surface area contributed by atoms with Crippen LogP contribution in [0.1, 0.15) is 24.0 Å². The first-order valence-electron chi connectivity index (χ1n) is 8.94. The van der Waals surface area contributed by atoms with Crippen LogP contribution in [0.4, 0.5) is 0 Å². The largest absolute Gasteiger partial charge is 0.497 e. The Kier molecular flexibility index (Phi) is 5.74. The first-order chi connectivity index (χ1) is 12.7. The molecule has 1 amide bonds. The molecule has 0 unspecified atom stereocenters. The molecule has 1 aliphatic heterocycles. The van der Waals surface area contributed by atoms with Gasteiger partial charge in [-0.25, -0.2) is 0 Å². The van der Waals surface area contributed by atoms with Gasteiger partial charge in [-0.3, -0.25) is 4.79 Å². The average molecular weight is 351 g/mol. The first-order valence-corrected chi connectivity index (χ1v) is 8.94. The number of carbonyl (C=O) groups is 1. The van der Waals surface area contributed by atoms with Gasteiger partial charge in [-0.2, -0.15) is 0 Å². The Morgan fingerprint density at radius 1 is 1.12 bits per heavy atom. The Morgan fingerprint density at radius 3 is 2.35 bits per heavy atom. The maximum absolute atomic E-state index is 12.5. The van der Waals surface area contributed by atoms with E-state index in [0.717, 1.165) is 29.7 Å². The third kappa shape index (κ3) is 3.97. The number of ether oxygens (including phenoxy) is 1. The molecule has 3 rings (SSSR count). The van der Waals surface area contributed by atoms with Crippen molar-refractivity contribution in [2.45, 2.75) is 18.3 Å². The minimum Gasteiger partial charge on any atom is -0.497 e.